The summed E-state index contributed by atoms with van der Waals surface area (Å²) < 4.78 is 16.9. The van der Waals surface area contributed by atoms with Gasteiger partial charge in [-0.25, -0.2) is 0 Å². The van der Waals surface area contributed by atoms with Gasteiger partial charge in [0.25, 0.3) is 0 Å². The summed E-state index contributed by atoms with van der Waals surface area (Å²) in [7, 11) is 1.72. The summed E-state index contributed by atoms with van der Waals surface area (Å²) in [4.78, 5) is 0. The fourth-order valence-corrected chi connectivity index (χ4v) is 3.33. The highest BCUT2D eigenvalue weighted by molar-refractivity contribution is 5.37. The molecule has 2 fully saturated rings. The molecule has 0 bridgehead atoms. The molecule has 1 heterocycles. The van der Waals surface area contributed by atoms with Gasteiger partial charge in [0.15, 0.2) is 5.79 Å². The second-order valence-corrected chi connectivity index (χ2v) is 5.61. The van der Waals surface area contributed by atoms with Crippen molar-refractivity contribution in [2.24, 2.45) is 0 Å². The minimum atomic E-state index is -0.252. The van der Waals surface area contributed by atoms with Crippen LogP contribution in [0.5, 0.6) is 5.75 Å². The van der Waals surface area contributed by atoms with E-state index in [9.17, 15) is 0 Å². The molecule has 1 aromatic rings. The van der Waals surface area contributed by atoms with E-state index in [-0.39, 0.29) is 5.79 Å². The number of benzene rings is 1. The Morgan fingerprint density at radius 2 is 1.84 bits per heavy atom. The molecule has 19 heavy (non-hydrogen) atoms. The second-order valence-electron chi connectivity index (χ2n) is 5.61. The third kappa shape index (κ3) is 2.49. The Labute approximate surface area is 114 Å². The Morgan fingerprint density at radius 3 is 2.42 bits per heavy atom. The average Bonchev–Trinajstić information content (AvgIpc) is 2.88. The van der Waals surface area contributed by atoms with Crippen molar-refractivity contribution in [3.05, 3.63) is 29.3 Å². The van der Waals surface area contributed by atoms with Crippen molar-refractivity contribution in [3.8, 4) is 5.75 Å². The molecule has 3 nitrogen and oxygen atoms in total. The maximum Gasteiger partial charge on any atom is 0.168 e. The van der Waals surface area contributed by atoms with Crippen molar-refractivity contribution >= 4 is 0 Å². The standard InChI is InChI=1S/C16H22O3/c1-12-11-14(3-4-15(12)17-2)13-5-7-16(8-6-13)18-9-10-19-16/h3-4,11,13H,5-10H2,1-2H3. The van der Waals surface area contributed by atoms with Gasteiger partial charge in [0, 0.05) is 12.8 Å². The molecule has 0 radical (unpaired) electrons. The van der Waals surface area contributed by atoms with Gasteiger partial charge in [-0.3, -0.25) is 0 Å². The Kier molecular flexibility index (Phi) is 3.50. The molecule has 1 aliphatic heterocycles. The van der Waals surface area contributed by atoms with Gasteiger partial charge in [-0.15, -0.1) is 0 Å². The number of methoxy groups -OCH3 is 1. The molecule has 3 heteroatoms. The Bertz CT molecular complexity index is 439. The zero-order valence-corrected chi connectivity index (χ0v) is 11.8. The first-order chi connectivity index (χ1) is 9.22. The van der Waals surface area contributed by atoms with Crippen LogP contribution in [0.4, 0.5) is 0 Å². The van der Waals surface area contributed by atoms with Crippen LogP contribution in [-0.2, 0) is 9.47 Å². The largest absolute Gasteiger partial charge is 0.496 e. The highest BCUT2D eigenvalue weighted by Crippen LogP contribution is 2.42. The van der Waals surface area contributed by atoms with Crippen molar-refractivity contribution in [1.29, 1.82) is 0 Å². The van der Waals surface area contributed by atoms with Crippen LogP contribution in [0.25, 0.3) is 0 Å². The number of hydrogen-bond donors (Lipinski definition) is 0. The van der Waals surface area contributed by atoms with Crippen LogP contribution in [0.15, 0.2) is 18.2 Å². The molecule has 1 aromatic carbocycles. The van der Waals surface area contributed by atoms with Gasteiger partial charge in [-0.05, 0) is 42.9 Å². The number of aryl methyl sites for hydroxylation is 1. The molecule has 104 valence electrons. The van der Waals surface area contributed by atoms with E-state index in [4.69, 9.17) is 14.2 Å². The molecule has 0 N–H and O–H groups in total. The van der Waals surface area contributed by atoms with Crippen LogP contribution in [0.1, 0.15) is 42.7 Å². The van der Waals surface area contributed by atoms with Crippen LogP contribution >= 0.6 is 0 Å². The van der Waals surface area contributed by atoms with Crippen molar-refractivity contribution in [1.82, 2.24) is 0 Å². The molecule has 1 saturated heterocycles. The fraction of sp³-hybridized carbons (Fsp3) is 0.625. The number of hydrogen-bond acceptors (Lipinski definition) is 3. The molecule has 0 amide bonds. The Hall–Kier alpha value is -1.06. The zero-order valence-electron chi connectivity index (χ0n) is 11.8. The van der Waals surface area contributed by atoms with E-state index in [2.05, 4.69) is 25.1 Å². The Morgan fingerprint density at radius 1 is 1.16 bits per heavy atom. The second kappa shape index (κ2) is 5.14. The van der Waals surface area contributed by atoms with Crippen LogP contribution in [0, 0.1) is 6.92 Å². The lowest BCUT2D eigenvalue weighted by Gasteiger charge is -2.35. The number of ether oxygens (including phenoxy) is 3. The van der Waals surface area contributed by atoms with Gasteiger partial charge in [-0.2, -0.15) is 0 Å². The molecule has 1 saturated carbocycles. The molecule has 2 aliphatic rings. The quantitative estimate of drug-likeness (QED) is 0.817. The van der Waals surface area contributed by atoms with Gasteiger partial charge >= 0.3 is 0 Å². The first kappa shape index (κ1) is 12.9. The first-order valence-corrected chi connectivity index (χ1v) is 7.15. The summed E-state index contributed by atoms with van der Waals surface area (Å²) in [6.07, 6.45) is 4.32. The molecule has 0 unspecified atom stereocenters. The molecule has 1 spiro atoms. The maximum atomic E-state index is 5.78. The third-order valence-electron chi connectivity index (χ3n) is 4.45. The van der Waals surface area contributed by atoms with Crippen LogP contribution in [0.2, 0.25) is 0 Å². The lowest BCUT2D eigenvalue weighted by Crippen LogP contribution is -2.34. The maximum absolute atomic E-state index is 5.78. The molecule has 0 atom stereocenters. The Balaban J connectivity index is 1.69. The van der Waals surface area contributed by atoms with E-state index in [1.165, 1.54) is 11.1 Å². The highest BCUT2D eigenvalue weighted by atomic mass is 16.7. The minimum absolute atomic E-state index is 0.252. The summed E-state index contributed by atoms with van der Waals surface area (Å²) in [5.74, 6) is 1.35. The van der Waals surface area contributed by atoms with E-state index in [1.807, 2.05) is 0 Å². The minimum Gasteiger partial charge on any atom is -0.496 e. The number of rotatable bonds is 2. The predicted molar refractivity (Wildman–Crippen MR) is 73.6 cm³/mol. The summed E-state index contributed by atoms with van der Waals surface area (Å²) in [5.41, 5.74) is 2.64. The lowest BCUT2D eigenvalue weighted by molar-refractivity contribution is -0.178. The van der Waals surface area contributed by atoms with Crippen LogP contribution < -0.4 is 4.74 Å². The summed E-state index contributed by atoms with van der Waals surface area (Å²) >= 11 is 0. The van der Waals surface area contributed by atoms with E-state index >= 15 is 0 Å². The predicted octanol–water partition coefficient (Wildman–Crippen LogP) is 3.40. The first-order valence-electron chi connectivity index (χ1n) is 7.15. The monoisotopic (exact) mass is 262 g/mol. The fourth-order valence-electron chi connectivity index (χ4n) is 3.33. The zero-order chi connectivity index (χ0) is 13.3. The van der Waals surface area contributed by atoms with Gasteiger partial charge < -0.3 is 14.2 Å². The molecule has 0 aromatic heterocycles. The smallest absolute Gasteiger partial charge is 0.168 e. The summed E-state index contributed by atoms with van der Waals surface area (Å²) in [6.45, 7) is 3.62. The molecular formula is C16H22O3. The van der Waals surface area contributed by atoms with Crippen molar-refractivity contribution in [3.63, 3.8) is 0 Å². The molecule has 1 aliphatic carbocycles. The van der Waals surface area contributed by atoms with Gasteiger partial charge in [-0.1, -0.05) is 12.1 Å². The van der Waals surface area contributed by atoms with Gasteiger partial charge in [0.2, 0.25) is 0 Å². The normalized spacial score (nSPS) is 22.8. The van der Waals surface area contributed by atoms with Crippen LogP contribution in [-0.4, -0.2) is 26.1 Å². The van der Waals surface area contributed by atoms with E-state index in [0.717, 1.165) is 44.6 Å². The third-order valence-corrected chi connectivity index (χ3v) is 4.45. The van der Waals surface area contributed by atoms with Crippen molar-refractivity contribution < 1.29 is 14.2 Å². The average molecular weight is 262 g/mol. The van der Waals surface area contributed by atoms with E-state index in [0.29, 0.717) is 5.92 Å². The van der Waals surface area contributed by atoms with Crippen molar-refractivity contribution in [2.45, 2.75) is 44.3 Å². The SMILES string of the molecule is COc1ccc(C2CCC3(CC2)OCCO3)cc1C. The van der Waals surface area contributed by atoms with Crippen molar-refractivity contribution in [2.75, 3.05) is 20.3 Å². The lowest BCUT2D eigenvalue weighted by atomic mass is 9.80. The van der Waals surface area contributed by atoms with Gasteiger partial charge in [0.05, 0.1) is 20.3 Å². The topological polar surface area (TPSA) is 27.7 Å². The molecule has 3 rings (SSSR count). The molecular weight excluding hydrogens is 240 g/mol. The van der Waals surface area contributed by atoms with Gasteiger partial charge in [0.1, 0.15) is 5.75 Å². The van der Waals surface area contributed by atoms with Crippen LogP contribution in [0.3, 0.4) is 0 Å². The van der Waals surface area contributed by atoms with E-state index < -0.39 is 0 Å². The summed E-state index contributed by atoms with van der Waals surface area (Å²) in [6, 6.07) is 6.54. The van der Waals surface area contributed by atoms with E-state index in [1.54, 1.807) is 7.11 Å². The highest BCUT2D eigenvalue weighted by Gasteiger charge is 2.40. The summed E-state index contributed by atoms with van der Waals surface area (Å²) in [5, 5.41) is 0.